The highest BCUT2D eigenvalue weighted by Crippen LogP contribution is 2.21. The summed E-state index contributed by atoms with van der Waals surface area (Å²) in [5.41, 5.74) is 2.54. The van der Waals surface area contributed by atoms with E-state index in [4.69, 9.17) is 21.7 Å². The number of rotatable bonds is 8. The Balaban J connectivity index is 1.72. The maximum absolute atomic E-state index is 12.6. The maximum atomic E-state index is 12.6. The fraction of sp³-hybridized carbons (Fsp3) is 0.286. The Kier molecular flexibility index (Phi) is 6.79. The van der Waals surface area contributed by atoms with E-state index in [2.05, 4.69) is 15.5 Å². The molecule has 3 rings (SSSR count). The van der Waals surface area contributed by atoms with E-state index in [0.29, 0.717) is 22.9 Å². The van der Waals surface area contributed by atoms with Gasteiger partial charge in [-0.05, 0) is 68.0 Å². The molecule has 2 N–H and O–H groups in total. The molecule has 0 aliphatic rings. The van der Waals surface area contributed by atoms with Crippen molar-refractivity contribution in [1.29, 1.82) is 0 Å². The molecule has 29 heavy (non-hydrogen) atoms. The van der Waals surface area contributed by atoms with E-state index in [-0.39, 0.29) is 18.6 Å². The molecule has 0 unspecified atom stereocenters. The molecule has 3 aromatic rings. The number of ether oxygens (including phenoxy) is 2. The molecule has 2 aromatic carbocycles. The van der Waals surface area contributed by atoms with Crippen LogP contribution < -0.4 is 10.1 Å². The van der Waals surface area contributed by atoms with E-state index >= 15 is 0 Å². The van der Waals surface area contributed by atoms with E-state index < -0.39 is 0 Å². The third-order valence-corrected chi connectivity index (χ3v) is 4.51. The van der Waals surface area contributed by atoms with Gasteiger partial charge in [0.05, 0.1) is 19.8 Å². The van der Waals surface area contributed by atoms with Crippen molar-refractivity contribution in [2.45, 2.75) is 33.1 Å². The summed E-state index contributed by atoms with van der Waals surface area (Å²) in [5.74, 6) is 1.14. The van der Waals surface area contributed by atoms with E-state index in [9.17, 15) is 4.79 Å². The predicted octanol–water partition coefficient (Wildman–Crippen LogP) is 4.18. The van der Waals surface area contributed by atoms with Gasteiger partial charge >= 0.3 is 0 Å². The molecule has 0 saturated carbocycles. The lowest BCUT2D eigenvalue weighted by atomic mass is 10.2. The molecule has 0 bridgehead atoms. The standard InChI is InChI=1S/C21H24N4O3S/c1-14(2)28-13-15-5-4-6-17(11-15)22-19(26)12-25-20(23-24-21(25)29)16-7-9-18(27-3)10-8-16/h4-11,14H,12-13H2,1-3H3,(H,22,26)(H,24,29). The lowest BCUT2D eigenvalue weighted by molar-refractivity contribution is -0.116. The minimum Gasteiger partial charge on any atom is -0.497 e. The fourth-order valence-corrected chi connectivity index (χ4v) is 2.97. The van der Waals surface area contributed by atoms with Crippen LogP contribution >= 0.6 is 12.2 Å². The Labute approximate surface area is 174 Å². The third-order valence-electron chi connectivity index (χ3n) is 4.20. The summed E-state index contributed by atoms with van der Waals surface area (Å²) in [4.78, 5) is 12.6. The Hall–Kier alpha value is -2.97. The molecule has 8 heteroatoms. The summed E-state index contributed by atoms with van der Waals surface area (Å²) >= 11 is 5.31. The fourth-order valence-electron chi connectivity index (χ4n) is 2.77. The SMILES string of the molecule is COc1ccc(-c2n[nH]c(=S)n2CC(=O)Nc2cccc(COC(C)C)c2)cc1. The summed E-state index contributed by atoms with van der Waals surface area (Å²) in [6.07, 6.45) is 0.146. The number of nitrogens with one attached hydrogen (secondary N) is 2. The number of amides is 1. The summed E-state index contributed by atoms with van der Waals surface area (Å²) in [7, 11) is 1.61. The van der Waals surface area contributed by atoms with Crippen LogP contribution in [0.15, 0.2) is 48.5 Å². The summed E-state index contributed by atoms with van der Waals surface area (Å²) in [6.45, 7) is 4.51. The van der Waals surface area contributed by atoms with Crippen LogP contribution in [-0.4, -0.2) is 33.9 Å². The molecule has 7 nitrogen and oxygen atoms in total. The van der Waals surface area contributed by atoms with Crippen LogP contribution in [-0.2, 0) is 22.7 Å². The Bertz CT molecular complexity index is 1020. The van der Waals surface area contributed by atoms with Crippen molar-refractivity contribution in [2.75, 3.05) is 12.4 Å². The molecule has 0 spiro atoms. The first-order valence-corrected chi connectivity index (χ1v) is 9.67. The van der Waals surface area contributed by atoms with Crippen LogP contribution in [0.4, 0.5) is 5.69 Å². The van der Waals surface area contributed by atoms with Gasteiger partial charge in [0, 0.05) is 11.3 Å². The van der Waals surface area contributed by atoms with Gasteiger partial charge in [0.25, 0.3) is 0 Å². The molecule has 1 amide bonds. The second-order valence-electron chi connectivity index (χ2n) is 6.78. The minimum absolute atomic E-state index is 0.0451. The Morgan fingerprint density at radius 1 is 1.24 bits per heavy atom. The highest BCUT2D eigenvalue weighted by atomic mass is 32.1. The number of anilines is 1. The number of aromatic nitrogens is 3. The number of carbonyl (C=O) groups excluding carboxylic acids is 1. The normalized spacial score (nSPS) is 10.9. The number of benzene rings is 2. The summed E-state index contributed by atoms with van der Waals surface area (Å²) in [5, 5.41) is 9.93. The third kappa shape index (κ3) is 5.52. The van der Waals surface area contributed by atoms with Crippen molar-refractivity contribution in [3.8, 4) is 17.1 Å². The van der Waals surface area contributed by atoms with E-state index in [1.165, 1.54) is 0 Å². The average molecular weight is 413 g/mol. The molecule has 0 aliphatic carbocycles. The van der Waals surface area contributed by atoms with Gasteiger partial charge in [0.2, 0.25) is 5.91 Å². The molecule has 0 atom stereocenters. The van der Waals surface area contributed by atoms with Crippen LogP contribution in [0.3, 0.4) is 0 Å². The van der Waals surface area contributed by atoms with Gasteiger partial charge < -0.3 is 14.8 Å². The quantitative estimate of drug-likeness (QED) is 0.543. The number of methoxy groups -OCH3 is 1. The molecule has 0 saturated heterocycles. The number of H-pyrrole nitrogens is 1. The van der Waals surface area contributed by atoms with Crippen LogP contribution in [0.5, 0.6) is 5.75 Å². The summed E-state index contributed by atoms with van der Waals surface area (Å²) < 4.78 is 12.8. The number of hydrogen-bond acceptors (Lipinski definition) is 5. The molecule has 1 heterocycles. The van der Waals surface area contributed by atoms with Crippen molar-refractivity contribution in [3.05, 3.63) is 58.9 Å². The topological polar surface area (TPSA) is 81.2 Å². The van der Waals surface area contributed by atoms with Crippen molar-refractivity contribution in [1.82, 2.24) is 14.8 Å². The second-order valence-corrected chi connectivity index (χ2v) is 7.16. The van der Waals surface area contributed by atoms with Crippen LogP contribution in [0.25, 0.3) is 11.4 Å². The number of aromatic amines is 1. The first-order valence-electron chi connectivity index (χ1n) is 9.26. The molecule has 0 radical (unpaired) electrons. The van der Waals surface area contributed by atoms with E-state index in [0.717, 1.165) is 16.9 Å². The van der Waals surface area contributed by atoms with E-state index in [1.807, 2.05) is 62.4 Å². The van der Waals surface area contributed by atoms with Crippen molar-refractivity contribution in [3.63, 3.8) is 0 Å². The van der Waals surface area contributed by atoms with Gasteiger partial charge in [-0.2, -0.15) is 5.10 Å². The van der Waals surface area contributed by atoms with Crippen LogP contribution in [0.2, 0.25) is 0 Å². The van der Waals surface area contributed by atoms with Crippen molar-refractivity contribution >= 4 is 23.8 Å². The number of nitrogens with zero attached hydrogens (tertiary/aromatic N) is 2. The van der Waals surface area contributed by atoms with Crippen molar-refractivity contribution in [2.24, 2.45) is 0 Å². The second kappa shape index (κ2) is 9.49. The number of hydrogen-bond donors (Lipinski definition) is 2. The lowest BCUT2D eigenvalue weighted by Crippen LogP contribution is -2.19. The van der Waals surface area contributed by atoms with Crippen LogP contribution in [0.1, 0.15) is 19.4 Å². The molecule has 1 aromatic heterocycles. The average Bonchev–Trinajstić information content (AvgIpc) is 3.07. The van der Waals surface area contributed by atoms with Crippen molar-refractivity contribution < 1.29 is 14.3 Å². The van der Waals surface area contributed by atoms with Gasteiger partial charge in [0.15, 0.2) is 10.6 Å². The summed E-state index contributed by atoms with van der Waals surface area (Å²) in [6, 6.07) is 15.0. The number of carbonyl (C=O) groups is 1. The molecular weight excluding hydrogens is 388 g/mol. The first-order chi connectivity index (χ1) is 14.0. The smallest absolute Gasteiger partial charge is 0.244 e. The molecular formula is C21H24N4O3S. The van der Waals surface area contributed by atoms with Gasteiger partial charge in [-0.15, -0.1) is 0 Å². The van der Waals surface area contributed by atoms with Gasteiger partial charge in [0.1, 0.15) is 12.3 Å². The van der Waals surface area contributed by atoms with E-state index in [1.54, 1.807) is 11.7 Å². The minimum atomic E-state index is -0.195. The molecule has 152 valence electrons. The molecule has 0 aliphatic heterocycles. The van der Waals surface area contributed by atoms with Gasteiger partial charge in [-0.25, -0.2) is 0 Å². The van der Waals surface area contributed by atoms with Gasteiger partial charge in [-0.1, -0.05) is 12.1 Å². The monoisotopic (exact) mass is 412 g/mol. The Morgan fingerprint density at radius 2 is 2.00 bits per heavy atom. The Morgan fingerprint density at radius 3 is 2.69 bits per heavy atom. The highest BCUT2D eigenvalue weighted by molar-refractivity contribution is 7.71. The zero-order chi connectivity index (χ0) is 20.8. The molecule has 0 fully saturated rings. The van der Waals surface area contributed by atoms with Gasteiger partial charge in [-0.3, -0.25) is 14.5 Å². The largest absolute Gasteiger partial charge is 0.497 e. The first kappa shape index (κ1) is 20.8. The predicted molar refractivity (Wildman–Crippen MR) is 114 cm³/mol. The van der Waals surface area contributed by atoms with Crippen LogP contribution in [0, 0.1) is 4.77 Å². The zero-order valence-electron chi connectivity index (χ0n) is 16.6. The zero-order valence-corrected chi connectivity index (χ0v) is 17.5. The highest BCUT2D eigenvalue weighted by Gasteiger charge is 2.13. The lowest BCUT2D eigenvalue weighted by Gasteiger charge is -2.11. The maximum Gasteiger partial charge on any atom is 0.244 e.